The standard InChI is InChI=1S/C12H17FN2O2/c1-2-9(16)5-6-15-12(17)10-4-3-8(13)7-11(10)14/h3-4,7,9,16H,2,5-6,14H2,1H3,(H,15,17). The molecule has 0 bridgehead atoms. The summed E-state index contributed by atoms with van der Waals surface area (Å²) >= 11 is 0. The molecule has 0 aliphatic heterocycles. The van der Waals surface area contributed by atoms with Gasteiger partial charge in [0.2, 0.25) is 0 Å². The lowest BCUT2D eigenvalue weighted by Crippen LogP contribution is -2.27. The van der Waals surface area contributed by atoms with Gasteiger partial charge in [-0.1, -0.05) is 6.92 Å². The van der Waals surface area contributed by atoms with Gasteiger partial charge in [0.25, 0.3) is 5.91 Å². The Bertz CT molecular complexity index is 396. The number of halogens is 1. The Morgan fingerprint density at radius 2 is 2.29 bits per heavy atom. The molecule has 1 rings (SSSR count). The van der Waals surface area contributed by atoms with E-state index in [1.54, 1.807) is 0 Å². The van der Waals surface area contributed by atoms with Crippen molar-refractivity contribution < 1.29 is 14.3 Å². The number of nitrogen functional groups attached to an aromatic ring is 1. The summed E-state index contributed by atoms with van der Waals surface area (Å²) in [5.74, 6) is -0.828. The van der Waals surface area contributed by atoms with Crippen LogP contribution in [-0.4, -0.2) is 23.7 Å². The second-order valence-corrected chi connectivity index (χ2v) is 3.84. The molecule has 17 heavy (non-hydrogen) atoms. The molecule has 0 spiro atoms. The second kappa shape index (κ2) is 6.20. The summed E-state index contributed by atoms with van der Waals surface area (Å²) in [7, 11) is 0. The first-order valence-corrected chi connectivity index (χ1v) is 5.56. The molecule has 0 aliphatic rings. The molecule has 0 saturated heterocycles. The Balaban J connectivity index is 2.52. The van der Waals surface area contributed by atoms with E-state index in [-0.39, 0.29) is 17.2 Å². The molecule has 1 atom stereocenters. The number of benzene rings is 1. The fraction of sp³-hybridized carbons (Fsp3) is 0.417. The van der Waals surface area contributed by atoms with Crippen LogP contribution in [0.3, 0.4) is 0 Å². The van der Waals surface area contributed by atoms with Crippen molar-refractivity contribution in [1.29, 1.82) is 0 Å². The van der Waals surface area contributed by atoms with Gasteiger partial charge in [0.1, 0.15) is 5.82 Å². The van der Waals surface area contributed by atoms with Gasteiger partial charge in [0.05, 0.1) is 11.7 Å². The summed E-state index contributed by atoms with van der Waals surface area (Å²) in [5, 5.41) is 11.9. The maximum Gasteiger partial charge on any atom is 0.253 e. The minimum Gasteiger partial charge on any atom is -0.398 e. The first-order chi connectivity index (χ1) is 8.04. The first kappa shape index (κ1) is 13.4. The fourth-order valence-corrected chi connectivity index (χ4v) is 1.39. The second-order valence-electron chi connectivity index (χ2n) is 3.84. The summed E-state index contributed by atoms with van der Waals surface area (Å²) in [4.78, 5) is 11.7. The van der Waals surface area contributed by atoms with Crippen molar-refractivity contribution in [2.75, 3.05) is 12.3 Å². The average molecular weight is 240 g/mol. The molecule has 1 aromatic carbocycles. The summed E-state index contributed by atoms with van der Waals surface area (Å²) in [5.41, 5.74) is 5.89. The molecule has 4 N–H and O–H groups in total. The van der Waals surface area contributed by atoms with Crippen LogP contribution in [0.25, 0.3) is 0 Å². The molecule has 5 heteroatoms. The summed E-state index contributed by atoms with van der Waals surface area (Å²) < 4.78 is 12.8. The molecule has 1 aromatic rings. The minimum atomic E-state index is -0.472. The van der Waals surface area contributed by atoms with Gasteiger partial charge in [-0.3, -0.25) is 4.79 Å². The quantitative estimate of drug-likeness (QED) is 0.679. The minimum absolute atomic E-state index is 0.110. The highest BCUT2D eigenvalue weighted by Gasteiger charge is 2.10. The molecule has 1 unspecified atom stereocenters. The van der Waals surface area contributed by atoms with Crippen LogP contribution in [0.4, 0.5) is 10.1 Å². The number of rotatable bonds is 5. The maximum atomic E-state index is 12.8. The molecular weight excluding hydrogens is 223 g/mol. The Morgan fingerprint density at radius 3 is 2.88 bits per heavy atom. The molecule has 0 aliphatic carbocycles. The van der Waals surface area contributed by atoms with E-state index < -0.39 is 11.9 Å². The largest absolute Gasteiger partial charge is 0.398 e. The highest BCUT2D eigenvalue weighted by atomic mass is 19.1. The smallest absolute Gasteiger partial charge is 0.253 e. The van der Waals surface area contributed by atoms with E-state index in [2.05, 4.69) is 5.32 Å². The first-order valence-electron chi connectivity index (χ1n) is 5.56. The van der Waals surface area contributed by atoms with Crippen LogP contribution in [0.2, 0.25) is 0 Å². The third kappa shape index (κ3) is 4.03. The normalized spacial score (nSPS) is 12.2. The maximum absolute atomic E-state index is 12.8. The number of anilines is 1. The number of carbonyl (C=O) groups is 1. The lowest BCUT2D eigenvalue weighted by molar-refractivity contribution is 0.0943. The lowest BCUT2D eigenvalue weighted by atomic mass is 10.1. The van der Waals surface area contributed by atoms with Gasteiger partial charge in [0, 0.05) is 12.2 Å². The van der Waals surface area contributed by atoms with Crippen LogP contribution >= 0.6 is 0 Å². The zero-order valence-corrected chi connectivity index (χ0v) is 9.74. The number of aliphatic hydroxyl groups excluding tert-OH is 1. The Morgan fingerprint density at radius 1 is 1.59 bits per heavy atom. The fourth-order valence-electron chi connectivity index (χ4n) is 1.39. The average Bonchev–Trinajstić information content (AvgIpc) is 2.28. The zero-order chi connectivity index (χ0) is 12.8. The molecule has 0 radical (unpaired) electrons. The number of carbonyl (C=O) groups excluding carboxylic acids is 1. The van der Waals surface area contributed by atoms with E-state index in [1.165, 1.54) is 12.1 Å². The number of hydrogen-bond acceptors (Lipinski definition) is 3. The van der Waals surface area contributed by atoms with Crippen LogP contribution < -0.4 is 11.1 Å². The topological polar surface area (TPSA) is 75.3 Å². The van der Waals surface area contributed by atoms with Crippen LogP contribution in [-0.2, 0) is 0 Å². The predicted molar refractivity (Wildman–Crippen MR) is 64.1 cm³/mol. The van der Waals surface area contributed by atoms with Crippen LogP contribution in [0.15, 0.2) is 18.2 Å². The molecular formula is C12H17FN2O2. The molecule has 0 heterocycles. The van der Waals surface area contributed by atoms with Crippen LogP contribution in [0.5, 0.6) is 0 Å². The van der Waals surface area contributed by atoms with Gasteiger partial charge in [-0.15, -0.1) is 0 Å². The molecule has 1 amide bonds. The van der Waals surface area contributed by atoms with E-state index >= 15 is 0 Å². The van der Waals surface area contributed by atoms with Crippen molar-refractivity contribution in [3.63, 3.8) is 0 Å². The van der Waals surface area contributed by atoms with Gasteiger partial charge < -0.3 is 16.2 Å². The van der Waals surface area contributed by atoms with E-state index in [0.29, 0.717) is 19.4 Å². The monoisotopic (exact) mass is 240 g/mol. The molecule has 4 nitrogen and oxygen atoms in total. The summed E-state index contributed by atoms with van der Waals surface area (Å²) in [6, 6.07) is 3.64. The number of nitrogens with two attached hydrogens (primary N) is 1. The van der Waals surface area contributed by atoms with Crippen molar-refractivity contribution >= 4 is 11.6 Å². The molecule has 0 aromatic heterocycles. The number of aliphatic hydroxyl groups is 1. The zero-order valence-electron chi connectivity index (χ0n) is 9.74. The van der Waals surface area contributed by atoms with E-state index in [1.807, 2.05) is 6.92 Å². The Hall–Kier alpha value is -1.62. The molecule has 94 valence electrons. The van der Waals surface area contributed by atoms with E-state index in [9.17, 15) is 14.3 Å². The highest BCUT2D eigenvalue weighted by molar-refractivity contribution is 5.99. The van der Waals surface area contributed by atoms with Gasteiger partial charge >= 0.3 is 0 Å². The van der Waals surface area contributed by atoms with Gasteiger partial charge in [-0.2, -0.15) is 0 Å². The van der Waals surface area contributed by atoms with Crippen molar-refractivity contribution in [2.45, 2.75) is 25.9 Å². The van der Waals surface area contributed by atoms with Gasteiger partial charge in [0.15, 0.2) is 0 Å². The predicted octanol–water partition coefficient (Wildman–Crippen LogP) is 1.30. The third-order valence-electron chi connectivity index (χ3n) is 2.49. The van der Waals surface area contributed by atoms with Crippen molar-refractivity contribution in [1.82, 2.24) is 5.32 Å². The van der Waals surface area contributed by atoms with E-state index in [0.717, 1.165) is 6.07 Å². The number of amides is 1. The number of nitrogens with one attached hydrogen (secondary N) is 1. The SMILES string of the molecule is CCC(O)CCNC(=O)c1ccc(F)cc1N. The van der Waals surface area contributed by atoms with Crippen LogP contribution in [0, 0.1) is 5.82 Å². The highest BCUT2D eigenvalue weighted by Crippen LogP contribution is 2.13. The van der Waals surface area contributed by atoms with Gasteiger partial charge in [-0.05, 0) is 31.0 Å². The number of hydrogen-bond donors (Lipinski definition) is 3. The van der Waals surface area contributed by atoms with Crippen molar-refractivity contribution in [3.05, 3.63) is 29.6 Å². The molecule has 0 saturated carbocycles. The lowest BCUT2D eigenvalue weighted by Gasteiger charge is -2.10. The molecule has 0 fully saturated rings. The summed E-state index contributed by atoms with van der Waals surface area (Å²) in [6.07, 6.45) is 0.721. The summed E-state index contributed by atoms with van der Waals surface area (Å²) in [6.45, 7) is 2.23. The van der Waals surface area contributed by atoms with E-state index in [4.69, 9.17) is 5.73 Å². The Kier molecular flexibility index (Phi) is 4.90. The van der Waals surface area contributed by atoms with Crippen molar-refractivity contribution in [3.8, 4) is 0 Å². The van der Waals surface area contributed by atoms with Crippen LogP contribution in [0.1, 0.15) is 30.1 Å². The van der Waals surface area contributed by atoms with Gasteiger partial charge in [-0.25, -0.2) is 4.39 Å². The third-order valence-corrected chi connectivity index (χ3v) is 2.49. The Labute approximate surface area is 99.6 Å². The van der Waals surface area contributed by atoms with Crippen molar-refractivity contribution in [2.24, 2.45) is 0 Å².